The summed E-state index contributed by atoms with van der Waals surface area (Å²) in [6, 6.07) is 6.13. The van der Waals surface area contributed by atoms with Crippen LogP contribution < -0.4 is 0 Å². The van der Waals surface area contributed by atoms with Crippen molar-refractivity contribution in [1.29, 1.82) is 0 Å². The van der Waals surface area contributed by atoms with Crippen LogP contribution in [0.5, 0.6) is 0 Å². The number of carbonyl (C=O) groups excluding carboxylic acids is 2. The first-order chi connectivity index (χ1) is 13.2. The molecule has 0 bridgehead atoms. The monoisotopic (exact) mass is 385 g/mol. The smallest absolute Gasteiger partial charge is 0.309 e. The molecule has 0 N–H and O–H groups in total. The average molecular weight is 385 g/mol. The fourth-order valence-electron chi connectivity index (χ4n) is 3.62. The van der Waals surface area contributed by atoms with Gasteiger partial charge >= 0.3 is 11.9 Å². The lowest BCUT2D eigenvalue weighted by Crippen LogP contribution is -2.46. The fourth-order valence-corrected chi connectivity index (χ4v) is 3.62. The number of hydrogen-bond acceptors (Lipinski definition) is 8. The summed E-state index contributed by atoms with van der Waals surface area (Å²) >= 11 is 0. The second-order valence-electron chi connectivity index (χ2n) is 6.83. The molecule has 28 heavy (non-hydrogen) atoms. The zero-order chi connectivity index (χ0) is 20.5. The van der Waals surface area contributed by atoms with Gasteiger partial charge in [-0.05, 0) is 25.3 Å². The number of nitro benzene ring substituents is 1. The molecule has 0 radical (unpaired) electrons. The van der Waals surface area contributed by atoms with Crippen molar-refractivity contribution in [3.05, 3.63) is 51.6 Å². The molecule has 0 unspecified atom stereocenters. The van der Waals surface area contributed by atoms with E-state index in [0.717, 1.165) is 11.1 Å². The van der Waals surface area contributed by atoms with E-state index in [0.29, 0.717) is 12.8 Å². The first kappa shape index (κ1) is 19.4. The highest BCUT2D eigenvalue weighted by atomic mass is 16.6. The van der Waals surface area contributed by atoms with Gasteiger partial charge < -0.3 is 9.47 Å². The van der Waals surface area contributed by atoms with Crippen molar-refractivity contribution in [2.75, 3.05) is 0 Å². The maximum absolute atomic E-state index is 11.6. The fraction of sp³-hybridized carbons (Fsp3) is 0.368. The lowest BCUT2D eigenvalue weighted by atomic mass is 9.64. The molecule has 1 aromatic carbocycles. The summed E-state index contributed by atoms with van der Waals surface area (Å²) in [7, 11) is 0. The molecule has 3 rings (SSSR count). The van der Waals surface area contributed by atoms with E-state index in [1.54, 1.807) is 12.1 Å². The molecule has 1 aliphatic heterocycles. The van der Waals surface area contributed by atoms with E-state index in [1.807, 2.05) is 13.0 Å². The van der Waals surface area contributed by atoms with Crippen LogP contribution in [0.1, 0.15) is 45.1 Å². The van der Waals surface area contributed by atoms with Gasteiger partial charge in [-0.1, -0.05) is 23.8 Å². The minimum atomic E-state index is -1.08. The molecule has 9 heteroatoms. The van der Waals surface area contributed by atoms with E-state index >= 15 is 0 Å². The number of rotatable bonds is 2. The highest BCUT2D eigenvalue weighted by Crippen LogP contribution is 2.51. The molecule has 0 saturated carbocycles. The molecule has 1 atom stereocenters. The van der Waals surface area contributed by atoms with Crippen LogP contribution in [0.25, 0.3) is 0 Å². The molecular formula is C19H19N3O6. The summed E-state index contributed by atoms with van der Waals surface area (Å²) < 4.78 is 10.7. The van der Waals surface area contributed by atoms with Gasteiger partial charge in [-0.2, -0.15) is 0 Å². The number of non-ortho nitro benzene ring substituents is 1. The number of nitro groups is 1. The Kier molecular flexibility index (Phi) is 5.08. The normalized spacial score (nSPS) is 20.1. The number of ether oxygens (including phenoxy) is 2. The maximum Gasteiger partial charge on any atom is 0.309 e. The third-order valence-electron chi connectivity index (χ3n) is 4.88. The molecule has 1 heterocycles. The van der Waals surface area contributed by atoms with Crippen LogP contribution in [0.2, 0.25) is 0 Å². The summed E-state index contributed by atoms with van der Waals surface area (Å²) in [6.45, 7) is 4.47. The van der Waals surface area contributed by atoms with Crippen molar-refractivity contribution < 1.29 is 24.0 Å². The predicted octanol–water partition coefficient (Wildman–Crippen LogP) is 3.26. The molecule has 146 valence electrons. The Morgan fingerprint density at radius 3 is 2.11 bits per heavy atom. The number of hydrogen-bond donors (Lipinski definition) is 0. The molecule has 0 aromatic heterocycles. The number of nitrogens with zero attached hydrogens (tertiary/aromatic N) is 3. The van der Waals surface area contributed by atoms with E-state index in [-0.39, 0.29) is 23.4 Å². The zero-order valence-corrected chi connectivity index (χ0v) is 15.7. The molecule has 0 saturated heterocycles. The van der Waals surface area contributed by atoms with E-state index in [9.17, 15) is 19.7 Å². The van der Waals surface area contributed by atoms with Gasteiger partial charge in [-0.15, -0.1) is 10.2 Å². The minimum absolute atomic E-state index is 0.0324. The van der Waals surface area contributed by atoms with E-state index in [2.05, 4.69) is 10.2 Å². The molecule has 9 nitrogen and oxygen atoms in total. The van der Waals surface area contributed by atoms with Gasteiger partial charge in [-0.3, -0.25) is 19.7 Å². The van der Waals surface area contributed by atoms with Gasteiger partial charge in [-0.25, -0.2) is 0 Å². The summed E-state index contributed by atoms with van der Waals surface area (Å²) in [4.78, 5) is 33.8. The second-order valence-corrected chi connectivity index (χ2v) is 6.83. The Morgan fingerprint density at radius 2 is 1.64 bits per heavy atom. The van der Waals surface area contributed by atoms with Crippen molar-refractivity contribution >= 4 is 29.4 Å². The van der Waals surface area contributed by atoms with Crippen LogP contribution in [0.15, 0.2) is 46.1 Å². The highest BCUT2D eigenvalue weighted by molar-refractivity contribution is 6.13. The molecule has 1 aliphatic carbocycles. The van der Waals surface area contributed by atoms with Crippen molar-refractivity contribution in [2.45, 2.75) is 39.5 Å². The third-order valence-corrected chi connectivity index (χ3v) is 4.88. The number of benzene rings is 1. The topological polar surface area (TPSA) is 120 Å². The Balaban J connectivity index is 2.11. The van der Waals surface area contributed by atoms with Gasteiger partial charge in [0.05, 0.1) is 4.92 Å². The van der Waals surface area contributed by atoms with Gasteiger partial charge in [0.15, 0.2) is 0 Å². The second kappa shape index (κ2) is 7.34. The Morgan fingerprint density at radius 1 is 1.11 bits per heavy atom. The van der Waals surface area contributed by atoms with Crippen molar-refractivity contribution in [3.63, 3.8) is 0 Å². The van der Waals surface area contributed by atoms with Crippen molar-refractivity contribution in [3.8, 4) is 0 Å². The molecule has 0 amide bonds. The average Bonchev–Trinajstić information content (AvgIpc) is 2.94. The van der Waals surface area contributed by atoms with Crippen molar-refractivity contribution in [1.82, 2.24) is 0 Å². The van der Waals surface area contributed by atoms with E-state index < -0.39 is 22.3 Å². The summed E-state index contributed by atoms with van der Waals surface area (Å²) in [6.07, 6.45) is 2.88. The third kappa shape index (κ3) is 3.42. The van der Waals surface area contributed by atoms with Crippen LogP contribution >= 0.6 is 0 Å². The first-order valence-corrected chi connectivity index (χ1v) is 8.67. The van der Waals surface area contributed by atoms with Crippen molar-refractivity contribution in [2.24, 2.45) is 15.6 Å². The van der Waals surface area contributed by atoms with Crippen LogP contribution in [0.3, 0.4) is 0 Å². The Hall–Kier alpha value is -3.36. The first-order valence-electron chi connectivity index (χ1n) is 8.67. The highest BCUT2D eigenvalue weighted by Gasteiger charge is 2.56. The van der Waals surface area contributed by atoms with E-state index in [1.165, 1.54) is 26.0 Å². The van der Waals surface area contributed by atoms with Crippen LogP contribution in [-0.4, -0.2) is 28.7 Å². The number of esters is 2. The molecule has 2 aliphatic rings. The summed E-state index contributed by atoms with van der Waals surface area (Å²) in [5.74, 6) is -1.35. The number of carbonyl (C=O) groups is 2. The molecule has 1 spiro atoms. The zero-order valence-electron chi connectivity index (χ0n) is 15.7. The maximum atomic E-state index is 11.6. The molecule has 0 fully saturated rings. The lowest BCUT2D eigenvalue weighted by molar-refractivity contribution is -0.384. The lowest BCUT2D eigenvalue weighted by Gasteiger charge is -2.39. The minimum Gasteiger partial charge on any atom is -0.409 e. The standard InChI is InChI=1S/C19H19N3O6/c1-11-8-9-19(16(10-11)14-4-6-15(7-5-14)22(25)26)17(27-12(2)23)20-21-18(19)28-13(3)24/h4-8,16H,9-10H2,1-3H3/t16-/m1/s1. The molecular weight excluding hydrogens is 366 g/mol. The molecule has 1 aromatic rings. The summed E-state index contributed by atoms with van der Waals surface area (Å²) in [5.41, 5.74) is 0.743. The van der Waals surface area contributed by atoms with Gasteiger partial charge in [0.1, 0.15) is 5.41 Å². The quantitative estimate of drug-likeness (QED) is 0.333. The Bertz CT molecular complexity index is 897. The van der Waals surface area contributed by atoms with E-state index in [4.69, 9.17) is 9.47 Å². The van der Waals surface area contributed by atoms with Gasteiger partial charge in [0, 0.05) is 31.9 Å². The predicted molar refractivity (Wildman–Crippen MR) is 99.7 cm³/mol. The van der Waals surface area contributed by atoms with Crippen LogP contribution in [0, 0.1) is 15.5 Å². The largest absolute Gasteiger partial charge is 0.409 e. The Labute approximate surface area is 160 Å². The number of allylic oxidation sites excluding steroid dienone is 2. The SMILES string of the molecule is CC(=O)OC1=NN=C(OC(C)=O)C12CC=C(C)C[C@@H]2c1ccc([N+](=O)[O-])cc1. The van der Waals surface area contributed by atoms with Crippen LogP contribution in [0.4, 0.5) is 5.69 Å². The van der Waals surface area contributed by atoms with Crippen LogP contribution in [-0.2, 0) is 19.1 Å². The summed E-state index contributed by atoms with van der Waals surface area (Å²) in [5, 5.41) is 18.9. The van der Waals surface area contributed by atoms with Gasteiger partial charge in [0.25, 0.3) is 5.69 Å². The van der Waals surface area contributed by atoms with Gasteiger partial charge in [0.2, 0.25) is 11.8 Å².